The highest BCUT2D eigenvalue weighted by Gasteiger charge is 1.74. The lowest BCUT2D eigenvalue weighted by Gasteiger charge is -1.84. The van der Waals surface area contributed by atoms with E-state index in [2.05, 4.69) is 13.0 Å². The zero-order valence-electron chi connectivity index (χ0n) is 6.38. The van der Waals surface area contributed by atoms with Crippen LogP contribution in [0.5, 0.6) is 0 Å². The first kappa shape index (κ1) is 8.97. The van der Waals surface area contributed by atoms with Crippen LogP contribution in [0.25, 0.3) is 0 Å². The van der Waals surface area contributed by atoms with Gasteiger partial charge in [-0.3, -0.25) is 0 Å². The maximum absolute atomic E-state index is 8.10. The Balaban J connectivity index is 3.22. The van der Waals surface area contributed by atoms with Crippen molar-refractivity contribution in [1.82, 2.24) is 0 Å². The summed E-state index contributed by atoms with van der Waals surface area (Å²) in [6.45, 7) is 2.17. The molecule has 1 nitrogen and oxygen atoms in total. The summed E-state index contributed by atoms with van der Waals surface area (Å²) in [6, 6.07) is 1.93. The van der Waals surface area contributed by atoms with E-state index in [-0.39, 0.29) is 0 Å². The molecule has 0 saturated carbocycles. The van der Waals surface area contributed by atoms with Gasteiger partial charge in [0.1, 0.15) is 0 Å². The lowest BCUT2D eigenvalue weighted by molar-refractivity contribution is 0.815. The van der Waals surface area contributed by atoms with Crippen molar-refractivity contribution in [2.45, 2.75) is 26.2 Å². The van der Waals surface area contributed by atoms with Crippen molar-refractivity contribution in [2.75, 3.05) is 0 Å². The summed E-state index contributed by atoms with van der Waals surface area (Å²) >= 11 is 0. The molecule has 0 radical (unpaired) electrons. The molecule has 0 aliphatic heterocycles. The predicted octanol–water partition coefficient (Wildman–Crippen LogP) is 2.81. The van der Waals surface area contributed by atoms with E-state index >= 15 is 0 Å². The van der Waals surface area contributed by atoms with Gasteiger partial charge in [0.2, 0.25) is 0 Å². The summed E-state index contributed by atoms with van der Waals surface area (Å²) in [5.74, 6) is 0. The highest BCUT2D eigenvalue weighted by molar-refractivity contribution is 5.11. The van der Waals surface area contributed by atoms with Gasteiger partial charge >= 0.3 is 0 Å². The van der Waals surface area contributed by atoms with Crippen molar-refractivity contribution >= 4 is 0 Å². The topological polar surface area (TPSA) is 23.8 Å². The molecule has 0 aromatic rings. The number of nitrogens with zero attached hydrogens (tertiary/aromatic N) is 1. The lowest BCUT2D eigenvalue weighted by atomic mass is 10.2. The Bertz CT molecular complexity index is 149. The van der Waals surface area contributed by atoms with Gasteiger partial charge in [0.25, 0.3) is 0 Å². The van der Waals surface area contributed by atoms with Gasteiger partial charge in [-0.25, -0.2) is 0 Å². The van der Waals surface area contributed by atoms with E-state index in [1.807, 2.05) is 12.1 Å². The Labute approximate surface area is 62.7 Å². The van der Waals surface area contributed by atoms with Gasteiger partial charge < -0.3 is 0 Å². The molecule has 0 bridgehead atoms. The summed E-state index contributed by atoms with van der Waals surface area (Å²) in [5, 5.41) is 8.10. The molecule has 0 saturated heterocycles. The second kappa shape index (κ2) is 7.97. The molecule has 0 aromatic carbocycles. The molecule has 0 unspecified atom stereocenters. The number of unbranched alkanes of at least 4 members (excludes halogenated alkanes) is 2. The fourth-order valence-electron chi connectivity index (χ4n) is 0.595. The van der Waals surface area contributed by atoms with Crippen LogP contribution in [0.15, 0.2) is 24.3 Å². The largest absolute Gasteiger partial charge is 0.193 e. The van der Waals surface area contributed by atoms with Gasteiger partial charge in [0.05, 0.1) is 6.07 Å². The predicted molar refractivity (Wildman–Crippen MR) is 43.4 cm³/mol. The maximum atomic E-state index is 8.10. The Morgan fingerprint density at radius 3 is 2.80 bits per heavy atom. The number of hydrogen-bond acceptors (Lipinski definition) is 1. The molecule has 1 heteroatoms. The van der Waals surface area contributed by atoms with E-state index in [4.69, 9.17) is 5.26 Å². The first-order valence-corrected chi connectivity index (χ1v) is 3.63. The zero-order chi connectivity index (χ0) is 7.66. The third-order valence-electron chi connectivity index (χ3n) is 1.14. The van der Waals surface area contributed by atoms with E-state index in [0.717, 1.165) is 6.42 Å². The molecular formula is C9H13N. The highest BCUT2D eigenvalue weighted by Crippen LogP contribution is 1.94. The standard InChI is InChI=1S/C9H13N/c1-2-3-4-5-6-7-8-9-10/h5-8H,2-4H2,1H3. The van der Waals surface area contributed by atoms with Crippen LogP contribution in [0.2, 0.25) is 0 Å². The van der Waals surface area contributed by atoms with E-state index in [1.54, 1.807) is 6.08 Å². The third-order valence-corrected chi connectivity index (χ3v) is 1.14. The van der Waals surface area contributed by atoms with Crippen LogP contribution in [-0.2, 0) is 0 Å². The molecular weight excluding hydrogens is 122 g/mol. The van der Waals surface area contributed by atoms with E-state index in [0.29, 0.717) is 0 Å². The quantitative estimate of drug-likeness (QED) is 0.330. The number of hydrogen-bond donors (Lipinski definition) is 0. The summed E-state index contributed by atoms with van der Waals surface area (Å²) < 4.78 is 0. The minimum absolute atomic E-state index is 1.12. The van der Waals surface area contributed by atoms with Crippen LogP contribution in [-0.4, -0.2) is 0 Å². The van der Waals surface area contributed by atoms with Crippen LogP contribution in [0.1, 0.15) is 26.2 Å². The first-order chi connectivity index (χ1) is 4.91. The van der Waals surface area contributed by atoms with E-state index in [1.165, 1.54) is 18.9 Å². The van der Waals surface area contributed by atoms with Gasteiger partial charge in [-0.05, 0) is 6.42 Å². The normalized spacial score (nSPS) is 10.8. The molecule has 0 atom stereocenters. The van der Waals surface area contributed by atoms with Crippen molar-refractivity contribution in [3.8, 4) is 6.07 Å². The first-order valence-electron chi connectivity index (χ1n) is 3.63. The fraction of sp³-hybridized carbons (Fsp3) is 0.444. The van der Waals surface area contributed by atoms with Crippen LogP contribution in [0.3, 0.4) is 0 Å². The molecule has 0 spiro atoms. The number of rotatable bonds is 4. The molecule has 54 valence electrons. The Morgan fingerprint density at radius 1 is 1.40 bits per heavy atom. The molecule has 0 amide bonds. The Kier molecular flexibility index (Phi) is 7.15. The average molecular weight is 135 g/mol. The monoisotopic (exact) mass is 135 g/mol. The lowest BCUT2D eigenvalue weighted by Crippen LogP contribution is -1.64. The third kappa shape index (κ3) is 6.97. The minimum atomic E-state index is 1.12. The minimum Gasteiger partial charge on any atom is -0.193 e. The van der Waals surface area contributed by atoms with Crippen LogP contribution >= 0.6 is 0 Å². The van der Waals surface area contributed by atoms with Crippen LogP contribution < -0.4 is 0 Å². The maximum Gasteiger partial charge on any atom is 0.0912 e. The van der Waals surface area contributed by atoms with Crippen molar-refractivity contribution < 1.29 is 0 Å². The fourth-order valence-corrected chi connectivity index (χ4v) is 0.595. The molecule has 0 rings (SSSR count). The number of nitriles is 1. The Morgan fingerprint density at radius 2 is 2.20 bits per heavy atom. The van der Waals surface area contributed by atoms with Gasteiger partial charge in [-0.2, -0.15) is 5.26 Å². The summed E-state index contributed by atoms with van der Waals surface area (Å²) in [6.07, 6.45) is 10.8. The Hall–Kier alpha value is -1.03. The van der Waals surface area contributed by atoms with Gasteiger partial charge in [0.15, 0.2) is 0 Å². The number of allylic oxidation sites excluding steroid dienone is 4. The van der Waals surface area contributed by atoms with Gasteiger partial charge in [0, 0.05) is 6.08 Å². The van der Waals surface area contributed by atoms with Crippen molar-refractivity contribution in [3.63, 3.8) is 0 Å². The van der Waals surface area contributed by atoms with E-state index in [9.17, 15) is 0 Å². The van der Waals surface area contributed by atoms with E-state index < -0.39 is 0 Å². The van der Waals surface area contributed by atoms with Crippen molar-refractivity contribution in [1.29, 1.82) is 5.26 Å². The summed E-state index contributed by atoms with van der Waals surface area (Å²) in [5.41, 5.74) is 0. The molecule has 10 heavy (non-hydrogen) atoms. The van der Waals surface area contributed by atoms with Crippen molar-refractivity contribution in [3.05, 3.63) is 24.3 Å². The van der Waals surface area contributed by atoms with Gasteiger partial charge in [-0.1, -0.05) is 38.0 Å². The molecule has 0 heterocycles. The smallest absolute Gasteiger partial charge is 0.0912 e. The van der Waals surface area contributed by atoms with Crippen molar-refractivity contribution in [2.24, 2.45) is 0 Å². The molecule has 0 N–H and O–H groups in total. The second-order valence-corrected chi connectivity index (χ2v) is 2.06. The summed E-state index contributed by atoms with van der Waals surface area (Å²) in [4.78, 5) is 0. The van der Waals surface area contributed by atoms with Gasteiger partial charge in [-0.15, -0.1) is 0 Å². The average Bonchev–Trinajstić information content (AvgIpc) is 1.97. The molecule has 0 aromatic heterocycles. The van der Waals surface area contributed by atoms with Crippen LogP contribution in [0, 0.1) is 11.3 Å². The zero-order valence-corrected chi connectivity index (χ0v) is 6.38. The molecule has 0 fully saturated rings. The molecule has 0 aliphatic carbocycles. The molecule has 0 aliphatic rings. The van der Waals surface area contributed by atoms with Crippen LogP contribution in [0.4, 0.5) is 0 Å². The summed E-state index contributed by atoms with van der Waals surface area (Å²) in [7, 11) is 0. The highest BCUT2D eigenvalue weighted by atomic mass is 14.2. The second-order valence-electron chi connectivity index (χ2n) is 2.06. The SMILES string of the molecule is CCCCC=CC=CC#N.